The highest BCUT2D eigenvalue weighted by Crippen LogP contribution is 2.10. The van der Waals surface area contributed by atoms with Crippen LogP contribution < -0.4 is 5.32 Å². The lowest BCUT2D eigenvalue weighted by Gasteiger charge is -2.06. The maximum absolute atomic E-state index is 12.9. The second kappa shape index (κ2) is 4.78. The predicted octanol–water partition coefficient (Wildman–Crippen LogP) is 1.79. The number of rotatable bonds is 3. The third-order valence-corrected chi connectivity index (χ3v) is 2.44. The van der Waals surface area contributed by atoms with Crippen molar-refractivity contribution in [3.05, 3.63) is 53.1 Å². The first-order valence-electron chi connectivity index (χ1n) is 5.19. The fourth-order valence-corrected chi connectivity index (χ4v) is 1.53. The van der Waals surface area contributed by atoms with Crippen LogP contribution in [0.2, 0.25) is 0 Å². The number of aryl methyl sites for hydroxylation is 1. The number of hydrogen-bond donors (Lipinski definition) is 2. The van der Waals surface area contributed by atoms with Gasteiger partial charge in [0.1, 0.15) is 5.82 Å². The van der Waals surface area contributed by atoms with Crippen molar-refractivity contribution < 1.29 is 9.18 Å². The second-order valence-electron chi connectivity index (χ2n) is 3.75. The van der Waals surface area contributed by atoms with E-state index in [0.29, 0.717) is 17.7 Å². The lowest BCUT2D eigenvalue weighted by Crippen LogP contribution is -2.23. The Hall–Kier alpha value is -2.17. The van der Waals surface area contributed by atoms with E-state index in [4.69, 9.17) is 0 Å². The summed E-state index contributed by atoms with van der Waals surface area (Å²) in [6.07, 6.45) is 3.34. The number of nitrogens with zero attached hydrogens (tertiary/aromatic N) is 1. The first-order valence-corrected chi connectivity index (χ1v) is 5.19. The number of carbonyl (C=O) groups is 1. The molecule has 1 amide bonds. The van der Waals surface area contributed by atoms with Crippen LogP contribution in [0.3, 0.4) is 0 Å². The Bertz CT molecular complexity index is 523. The van der Waals surface area contributed by atoms with Gasteiger partial charge in [-0.05, 0) is 30.7 Å². The van der Waals surface area contributed by atoms with Crippen LogP contribution in [0, 0.1) is 12.7 Å². The van der Waals surface area contributed by atoms with Gasteiger partial charge in [0.05, 0.1) is 6.20 Å². The molecule has 1 aromatic heterocycles. The van der Waals surface area contributed by atoms with E-state index in [1.165, 1.54) is 18.2 Å². The molecule has 2 rings (SSSR count). The number of aromatic nitrogens is 2. The zero-order chi connectivity index (χ0) is 12.3. The number of H-pyrrole nitrogens is 1. The van der Waals surface area contributed by atoms with E-state index < -0.39 is 0 Å². The summed E-state index contributed by atoms with van der Waals surface area (Å²) in [5.41, 5.74) is 1.99. The Labute approximate surface area is 97.9 Å². The van der Waals surface area contributed by atoms with E-state index in [-0.39, 0.29) is 11.7 Å². The molecule has 88 valence electrons. The highest BCUT2D eigenvalue weighted by molar-refractivity contribution is 5.95. The Balaban J connectivity index is 2.04. The van der Waals surface area contributed by atoms with Crippen LogP contribution in [0.4, 0.5) is 4.39 Å². The first kappa shape index (κ1) is 11.3. The maximum atomic E-state index is 12.9. The van der Waals surface area contributed by atoms with E-state index in [0.717, 1.165) is 5.56 Å². The second-order valence-corrected chi connectivity index (χ2v) is 3.75. The first-order chi connectivity index (χ1) is 8.16. The molecule has 0 saturated carbocycles. The molecular formula is C12H12FN3O. The van der Waals surface area contributed by atoms with Crippen LogP contribution in [0.1, 0.15) is 21.5 Å². The average molecular weight is 233 g/mol. The summed E-state index contributed by atoms with van der Waals surface area (Å²) < 4.78 is 12.9. The Morgan fingerprint density at radius 3 is 3.00 bits per heavy atom. The van der Waals surface area contributed by atoms with Gasteiger partial charge in [0, 0.05) is 23.9 Å². The smallest absolute Gasteiger partial charge is 0.251 e. The lowest BCUT2D eigenvalue weighted by atomic mass is 10.1. The quantitative estimate of drug-likeness (QED) is 0.849. The third-order valence-electron chi connectivity index (χ3n) is 2.44. The molecule has 1 aromatic carbocycles. The molecule has 0 atom stereocenters. The molecule has 0 aliphatic rings. The van der Waals surface area contributed by atoms with E-state index in [2.05, 4.69) is 15.5 Å². The van der Waals surface area contributed by atoms with Gasteiger partial charge >= 0.3 is 0 Å². The van der Waals surface area contributed by atoms with Crippen LogP contribution in [-0.2, 0) is 6.54 Å². The van der Waals surface area contributed by atoms with Gasteiger partial charge in [-0.25, -0.2) is 4.39 Å². The van der Waals surface area contributed by atoms with Crippen molar-refractivity contribution in [1.29, 1.82) is 0 Å². The molecule has 1 heterocycles. The molecule has 4 nitrogen and oxygen atoms in total. The van der Waals surface area contributed by atoms with E-state index in [1.807, 2.05) is 0 Å². The minimum Gasteiger partial charge on any atom is -0.348 e. The molecule has 0 saturated heterocycles. The van der Waals surface area contributed by atoms with Gasteiger partial charge in [0.25, 0.3) is 5.91 Å². The average Bonchev–Trinajstić information content (AvgIpc) is 2.78. The van der Waals surface area contributed by atoms with Crippen LogP contribution >= 0.6 is 0 Å². The summed E-state index contributed by atoms with van der Waals surface area (Å²) in [6, 6.07) is 4.10. The van der Waals surface area contributed by atoms with Gasteiger partial charge in [-0.2, -0.15) is 5.10 Å². The number of hydrogen-bond acceptors (Lipinski definition) is 2. The maximum Gasteiger partial charge on any atom is 0.251 e. The van der Waals surface area contributed by atoms with Crippen LogP contribution in [0.5, 0.6) is 0 Å². The molecule has 0 radical (unpaired) electrons. The molecular weight excluding hydrogens is 221 g/mol. The zero-order valence-corrected chi connectivity index (χ0v) is 9.33. The normalized spacial score (nSPS) is 10.2. The van der Waals surface area contributed by atoms with Crippen LogP contribution in [0.25, 0.3) is 0 Å². The molecule has 0 unspecified atom stereocenters. The van der Waals surface area contributed by atoms with E-state index >= 15 is 0 Å². The number of halogens is 1. The number of benzene rings is 1. The number of nitrogens with one attached hydrogen (secondary N) is 2. The fourth-order valence-electron chi connectivity index (χ4n) is 1.53. The SMILES string of the molecule is Cc1cc(F)ccc1C(=O)NCc1cn[nH]c1. The molecule has 17 heavy (non-hydrogen) atoms. The Kier molecular flexibility index (Phi) is 3.18. The monoisotopic (exact) mass is 233 g/mol. The number of amides is 1. The largest absolute Gasteiger partial charge is 0.348 e. The Morgan fingerprint density at radius 1 is 1.53 bits per heavy atom. The van der Waals surface area contributed by atoms with Gasteiger partial charge in [-0.1, -0.05) is 0 Å². The van der Waals surface area contributed by atoms with Gasteiger partial charge in [-0.15, -0.1) is 0 Å². The summed E-state index contributed by atoms with van der Waals surface area (Å²) in [7, 11) is 0. The molecule has 0 aliphatic heterocycles. The highest BCUT2D eigenvalue weighted by Gasteiger charge is 2.09. The van der Waals surface area contributed by atoms with Crippen molar-refractivity contribution in [2.45, 2.75) is 13.5 Å². The van der Waals surface area contributed by atoms with E-state index in [1.54, 1.807) is 19.3 Å². The van der Waals surface area contributed by atoms with Gasteiger partial charge in [-0.3, -0.25) is 9.89 Å². The molecule has 2 N–H and O–H groups in total. The van der Waals surface area contributed by atoms with E-state index in [9.17, 15) is 9.18 Å². The summed E-state index contributed by atoms with van der Waals surface area (Å²) in [5.74, 6) is -0.558. The third kappa shape index (κ3) is 2.69. The lowest BCUT2D eigenvalue weighted by molar-refractivity contribution is 0.0950. The van der Waals surface area contributed by atoms with Crippen molar-refractivity contribution in [1.82, 2.24) is 15.5 Å². The summed E-state index contributed by atoms with van der Waals surface area (Å²) in [4.78, 5) is 11.8. The van der Waals surface area contributed by atoms with Crippen molar-refractivity contribution in [2.24, 2.45) is 0 Å². The summed E-state index contributed by atoms with van der Waals surface area (Å²) >= 11 is 0. The summed E-state index contributed by atoms with van der Waals surface area (Å²) in [6.45, 7) is 2.10. The van der Waals surface area contributed by atoms with Crippen LogP contribution in [-0.4, -0.2) is 16.1 Å². The van der Waals surface area contributed by atoms with Crippen molar-refractivity contribution >= 4 is 5.91 Å². The van der Waals surface area contributed by atoms with Gasteiger partial charge in [0.15, 0.2) is 0 Å². The van der Waals surface area contributed by atoms with Crippen molar-refractivity contribution in [3.63, 3.8) is 0 Å². The number of aromatic amines is 1. The molecule has 0 aliphatic carbocycles. The van der Waals surface area contributed by atoms with Gasteiger partial charge < -0.3 is 5.32 Å². The fraction of sp³-hybridized carbons (Fsp3) is 0.167. The predicted molar refractivity (Wildman–Crippen MR) is 60.9 cm³/mol. The number of carbonyl (C=O) groups excluding carboxylic acids is 1. The highest BCUT2D eigenvalue weighted by atomic mass is 19.1. The van der Waals surface area contributed by atoms with Crippen molar-refractivity contribution in [2.75, 3.05) is 0 Å². The van der Waals surface area contributed by atoms with Crippen LogP contribution in [0.15, 0.2) is 30.6 Å². The Morgan fingerprint density at radius 2 is 2.35 bits per heavy atom. The molecule has 0 spiro atoms. The van der Waals surface area contributed by atoms with Gasteiger partial charge in [0.2, 0.25) is 0 Å². The minimum absolute atomic E-state index is 0.219. The minimum atomic E-state index is -0.339. The zero-order valence-electron chi connectivity index (χ0n) is 9.33. The molecule has 0 bridgehead atoms. The van der Waals surface area contributed by atoms with Crippen molar-refractivity contribution in [3.8, 4) is 0 Å². The molecule has 0 fully saturated rings. The standard InChI is InChI=1S/C12H12FN3O/c1-8-4-10(13)2-3-11(8)12(17)14-5-9-6-15-16-7-9/h2-4,6-7H,5H2,1H3,(H,14,17)(H,15,16). The summed E-state index contributed by atoms with van der Waals surface area (Å²) in [5, 5.41) is 9.18. The molecule has 2 aromatic rings. The molecule has 5 heteroatoms. The topological polar surface area (TPSA) is 57.8 Å².